The fourth-order valence-corrected chi connectivity index (χ4v) is 3.78. The molecule has 0 amide bonds. The van der Waals surface area contributed by atoms with Crippen LogP contribution in [0.3, 0.4) is 0 Å². The fourth-order valence-electron chi connectivity index (χ4n) is 3.78. The molecule has 0 spiro atoms. The molecule has 1 unspecified atom stereocenters. The Morgan fingerprint density at radius 2 is 1.89 bits per heavy atom. The first-order chi connectivity index (χ1) is 9.01. The van der Waals surface area contributed by atoms with Gasteiger partial charge >= 0.3 is 0 Å². The second-order valence-corrected chi connectivity index (χ2v) is 7.26. The molecule has 1 saturated heterocycles. The van der Waals surface area contributed by atoms with Gasteiger partial charge in [-0.05, 0) is 57.4 Å². The minimum atomic E-state index is 0.255. The number of hydrogen-bond acceptors (Lipinski definition) is 3. The normalized spacial score (nSPS) is 31.3. The van der Waals surface area contributed by atoms with Gasteiger partial charge in [-0.15, -0.1) is 0 Å². The molecule has 1 saturated carbocycles. The Balaban J connectivity index is 2.01. The summed E-state index contributed by atoms with van der Waals surface area (Å²) in [6.45, 7) is 10.8. The number of likely N-dealkylation sites (tertiary alicyclic amines) is 1. The van der Waals surface area contributed by atoms with Crippen LogP contribution in [0.5, 0.6) is 0 Å². The molecule has 3 heteroatoms. The van der Waals surface area contributed by atoms with Crippen LogP contribution < -0.4 is 5.73 Å². The molecule has 2 fully saturated rings. The third kappa shape index (κ3) is 3.50. The highest BCUT2D eigenvalue weighted by Gasteiger charge is 2.42. The van der Waals surface area contributed by atoms with Gasteiger partial charge in [0, 0.05) is 25.2 Å². The standard InChI is InChI=1S/C16H32N2O/c1-4-19-14-6-5-11-18(12-14)16(13-17)9-7-15(2,3)8-10-16/h14H,4-13,17H2,1-3H3. The van der Waals surface area contributed by atoms with Gasteiger partial charge in [0.25, 0.3) is 0 Å². The summed E-state index contributed by atoms with van der Waals surface area (Å²) in [4.78, 5) is 2.66. The van der Waals surface area contributed by atoms with Crippen LogP contribution in [0.1, 0.15) is 59.3 Å². The van der Waals surface area contributed by atoms with Crippen molar-refractivity contribution in [3.63, 3.8) is 0 Å². The molecule has 0 radical (unpaired) electrons. The molecule has 112 valence electrons. The molecular weight excluding hydrogens is 236 g/mol. The monoisotopic (exact) mass is 268 g/mol. The second-order valence-electron chi connectivity index (χ2n) is 7.26. The molecule has 1 heterocycles. The lowest BCUT2D eigenvalue weighted by Crippen LogP contribution is -2.60. The van der Waals surface area contributed by atoms with Crippen LogP contribution in [0.15, 0.2) is 0 Å². The van der Waals surface area contributed by atoms with Crippen LogP contribution in [0.4, 0.5) is 0 Å². The minimum absolute atomic E-state index is 0.255. The van der Waals surface area contributed by atoms with E-state index in [2.05, 4.69) is 25.7 Å². The molecule has 3 nitrogen and oxygen atoms in total. The molecule has 1 aliphatic carbocycles. The molecule has 1 atom stereocenters. The first-order valence-corrected chi connectivity index (χ1v) is 8.08. The molecule has 0 bridgehead atoms. The van der Waals surface area contributed by atoms with Gasteiger partial charge in [0.2, 0.25) is 0 Å². The largest absolute Gasteiger partial charge is 0.377 e. The number of nitrogens with two attached hydrogens (primary N) is 1. The summed E-state index contributed by atoms with van der Waals surface area (Å²) < 4.78 is 5.85. The van der Waals surface area contributed by atoms with E-state index < -0.39 is 0 Å². The van der Waals surface area contributed by atoms with E-state index in [1.807, 2.05) is 0 Å². The van der Waals surface area contributed by atoms with E-state index in [4.69, 9.17) is 10.5 Å². The van der Waals surface area contributed by atoms with Crippen molar-refractivity contribution in [2.75, 3.05) is 26.2 Å². The SMILES string of the molecule is CCOC1CCCN(C2(CN)CCC(C)(C)CC2)C1. The van der Waals surface area contributed by atoms with Crippen molar-refractivity contribution in [3.8, 4) is 0 Å². The van der Waals surface area contributed by atoms with Crippen LogP contribution in [-0.2, 0) is 4.74 Å². The van der Waals surface area contributed by atoms with Crippen LogP contribution in [0.2, 0.25) is 0 Å². The van der Waals surface area contributed by atoms with Gasteiger partial charge in [-0.3, -0.25) is 4.90 Å². The zero-order valence-electron chi connectivity index (χ0n) is 13.1. The van der Waals surface area contributed by atoms with Gasteiger partial charge in [-0.25, -0.2) is 0 Å². The molecule has 2 N–H and O–H groups in total. The van der Waals surface area contributed by atoms with Gasteiger partial charge in [0.1, 0.15) is 0 Å². The molecule has 1 aliphatic heterocycles. The van der Waals surface area contributed by atoms with E-state index in [-0.39, 0.29) is 5.54 Å². The smallest absolute Gasteiger partial charge is 0.0702 e. The molecule has 2 aliphatic rings. The van der Waals surface area contributed by atoms with Crippen molar-refractivity contribution in [1.29, 1.82) is 0 Å². The lowest BCUT2D eigenvalue weighted by atomic mass is 9.68. The first-order valence-electron chi connectivity index (χ1n) is 8.08. The predicted octanol–water partition coefficient (Wildman–Crippen LogP) is 2.79. The van der Waals surface area contributed by atoms with Crippen molar-refractivity contribution in [2.24, 2.45) is 11.1 Å². The van der Waals surface area contributed by atoms with Crippen molar-refractivity contribution in [2.45, 2.75) is 70.9 Å². The quantitative estimate of drug-likeness (QED) is 0.852. The van der Waals surface area contributed by atoms with E-state index in [0.29, 0.717) is 11.5 Å². The van der Waals surface area contributed by atoms with E-state index in [1.54, 1.807) is 0 Å². The van der Waals surface area contributed by atoms with Gasteiger partial charge < -0.3 is 10.5 Å². The maximum absolute atomic E-state index is 6.19. The first kappa shape index (κ1) is 15.3. The second kappa shape index (κ2) is 6.11. The number of hydrogen-bond donors (Lipinski definition) is 1. The Morgan fingerprint density at radius 3 is 2.47 bits per heavy atom. The summed E-state index contributed by atoms with van der Waals surface area (Å²) >= 11 is 0. The van der Waals surface area contributed by atoms with Gasteiger partial charge in [-0.2, -0.15) is 0 Å². The Labute approximate surface area is 118 Å². The van der Waals surface area contributed by atoms with Crippen LogP contribution in [0, 0.1) is 5.41 Å². The van der Waals surface area contributed by atoms with E-state index in [9.17, 15) is 0 Å². The molecule has 0 aromatic rings. The fraction of sp³-hybridized carbons (Fsp3) is 1.00. The minimum Gasteiger partial charge on any atom is -0.377 e. The van der Waals surface area contributed by atoms with Crippen LogP contribution in [-0.4, -0.2) is 42.8 Å². The van der Waals surface area contributed by atoms with Gasteiger partial charge in [0.15, 0.2) is 0 Å². The zero-order chi connectivity index (χ0) is 13.9. The number of rotatable bonds is 4. The maximum atomic E-state index is 6.19. The Morgan fingerprint density at radius 1 is 1.21 bits per heavy atom. The predicted molar refractivity (Wildman–Crippen MR) is 80.3 cm³/mol. The van der Waals surface area contributed by atoms with Crippen molar-refractivity contribution in [1.82, 2.24) is 4.90 Å². The summed E-state index contributed by atoms with van der Waals surface area (Å²) in [6, 6.07) is 0. The number of ether oxygens (including phenoxy) is 1. The summed E-state index contributed by atoms with van der Waals surface area (Å²) in [7, 11) is 0. The summed E-state index contributed by atoms with van der Waals surface area (Å²) in [5, 5.41) is 0. The number of nitrogens with zero attached hydrogens (tertiary/aromatic N) is 1. The Hall–Kier alpha value is -0.120. The van der Waals surface area contributed by atoms with E-state index >= 15 is 0 Å². The van der Waals surface area contributed by atoms with Crippen LogP contribution >= 0.6 is 0 Å². The van der Waals surface area contributed by atoms with Crippen molar-refractivity contribution < 1.29 is 4.74 Å². The highest BCUT2D eigenvalue weighted by atomic mass is 16.5. The average Bonchev–Trinajstić information content (AvgIpc) is 2.40. The molecule has 0 aromatic carbocycles. The van der Waals surface area contributed by atoms with Crippen LogP contribution in [0.25, 0.3) is 0 Å². The molecule has 2 rings (SSSR count). The number of piperidine rings is 1. The van der Waals surface area contributed by atoms with Crippen molar-refractivity contribution >= 4 is 0 Å². The van der Waals surface area contributed by atoms with Gasteiger partial charge in [-0.1, -0.05) is 13.8 Å². The maximum Gasteiger partial charge on any atom is 0.0702 e. The zero-order valence-corrected chi connectivity index (χ0v) is 13.1. The third-order valence-electron chi connectivity index (χ3n) is 5.37. The summed E-state index contributed by atoms with van der Waals surface area (Å²) in [5.41, 5.74) is 6.96. The summed E-state index contributed by atoms with van der Waals surface area (Å²) in [6.07, 6.45) is 8.04. The molecule has 0 aromatic heterocycles. The Bertz CT molecular complexity index is 278. The average molecular weight is 268 g/mol. The summed E-state index contributed by atoms with van der Waals surface area (Å²) in [5.74, 6) is 0. The molecule has 19 heavy (non-hydrogen) atoms. The molecular formula is C16H32N2O. The van der Waals surface area contributed by atoms with E-state index in [1.165, 1.54) is 45.1 Å². The lowest BCUT2D eigenvalue weighted by Gasteiger charge is -2.52. The Kier molecular flexibility index (Phi) is 4.91. The van der Waals surface area contributed by atoms with Crippen molar-refractivity contribution in [3.05, 3.63) is 0 Å². The third-order valence-corrected chi connectivity index (χ3v) is 5.37. The van der Waals surface area contributed by atoms with Gasteiger partial charge in [0.05, 0.1) is 6.10 Å². The highest BCUT2D eigenvalue weighted by molar-refractivity contribution is 4.99. The van der Waals surface area contributed by atoms with E-state index in [0.717, 1.165) is 19.7 Å². The lowest BCUT2D eigenvalue weighted by molar-refractivity contribution is -0.0531. The topological polar surface area (TPSA) is 38.5 Å². The highest BCUT2D eigenvalue weighted by Crippen LogP contribution is 2.43.